The summed E-state index contributed by atoms with van der Waals surface area (Å²) in [5.74, 6) is 0.604. The van der Waals surface area contributed by atoms with Crippen LogP contribution in [-0.4, -0.2) is 46.3 Å². The number of nitrogens with one attached hydrogen (secondary N) is 1. The summed E-state index contributed by atoms with van der Waals surface area (Å²) < 4.78 is 5.28. The zero-order valence-corrected chi connectivity index (χ0v) is 9.33. The van der Waals surface area contributed by atoms with Crippen LogP contribution < -0.4 is 5.43 Å². The number of nitrogens with zero attached hydrogens (tertiary/aromatic N) is 4. The number of hydrogen-bond donors (Lipinski definition) is 1. The molecule has 2 aromatic heterocycles. The molecule has 0 spiro atoms. The van der Waals surface area contributed by atoms with Gasteiger partial charge in [-0.2, -0.15) is 0 Å². The van der Waals surface area contributed by atoms with Crippen LogP contribution in [-0.2, 0) is 4.74 Å². The van der Waals surface area contributed by atoms with E-state index < -0.39 is 0 Å². The molecular weight excluding hydrogens is 218 g/mol. The van der Waals surface area contributed by atoms with Gasteiger partial charge in [0.25, 0.3) is 0 Å². The maximum Gasteiger partial charge on any atom is 0.238 e. The van der Waals surface area contributed by atoms with Crippen molar-refractivity contribution in [3.05, 3.63) is 24.5 Å². The number of aromatic nitrogens is 3. The van der Waals surface area contributed by atoms with Crippen molar-refractivity contribution in [2.75, 3.05) is 31.7 Å². The summed E-state index contributed by atoms with van der Waals surface area (Å²) in [6, 6.07) is 3.79. The van der Waals surface area contributed by atoms with Crippen LogP contribution >= 0.6 is 0 Å². The van der Waals surface area contributed by atoms with Crippen LogP contribution in [0.3, 0.4) is 0 Å². The molecule has 0 saturated carbocycles. The van der Waals surface area contributed by atoms with Crippen LogP contribution in [0.1, 0.15) is 0 Å². The molecule has 3 rings (SSSR count). The normalized spacial score (nSPS) is 17.2. The van der Waals surface area contributed by atoms with Crippen molar-refractivity contribution < 1.29 is 4.74 Å². The molecule has 0 radical (unpaired) electrons. The molecule has 3 heterocycles. The van der Waals surface area contributed by atoms with Gasteiger partial charge in [0.15, 0.2) is 0 Å². The topological polar surface area (TPSA) is 63.2 Å². The summed E-state index contributed by atoms with van der Waals surface area (Å²) in [4.78, 5) is 12.8. The highest BCUT2D eigenvalue weighted by atomic mass is 16.5. The molecule has 0 unspecified atom stereocenters. The zero-order valence-electron chi connectivity index (χ0n) is 9.33. The Morgan fingerprint density at radius 3 is 2.94 bits per heavy atom. The van der Waals surface area contributed by atoms with Crippen molar-refractivity contribution in [3.8, 4) is 0 Å². The van der Waals surface area contributed by atoms with E-state index in [1.165, 1.54) is 0 Å². The standard InChI is InChI=1S/C11H13N5O/c1-2-9-10(12-3-1)8-13-11(14-9)15-16-4-6-17-7-5-16/h1-3,8H,4-7H2,(H,13,14,15). The Bertz CT molecular complexity index is 512. The Hall–Kier alpha value is -1.79. The molecule has 6 heteroatoms. The quantitative estimate of drug-likeness (QED) is 0.820. The first-order chi connectivity index (χ1) is 8.42. The minimum atomic E-state index is 0.604. The molecular formula is C11H13N5O. The second-order valence-corrected chi connectivity index (χ2v) is 3.81. The molecule has 0 aromatic carbocycles. The number of ether oxygens (including phenoxy) is 1. The van der Waals surface area contributed by atoms with Crippen molar-refractivity contribution >= 4 is 17.0 Å². The van der Waals surface area contributed by atoms with E-state index in [-0.39, 0.29) is 0 Å². The van der Waals surface area contributed by atoms with Crippen molar-refractivity contribution in [1.29, 1.82) is 0 Å². The average molecular weight is 231 g/mol. The molecule has 6 nitrogen and oxygen atoms in total. The first kappa shape index (κ1) is 10.4. The molecule has 1 aliphatic heterocycles. The Balaban J connectivity index is 1.80. The highest BCUT2D eigenvalue weighted by Crippen LogP contribution is 2.10. The number of anilines is 1. The highest BCUT2D eigenvalue weighted by Gasteiger charge is 2.11. The van der Waals surface area contributed by atoms with Crippen LogP contribution in [0.25, 0.3) is 11.0 Å². The van der Waals surface area contributed by atoms with Crippen molar-refractivity contribution in [2.24, 2.45) is 0 Å². The number of fused-ring (bicyclic) bond motifs is 1. The van der Waals surface area contributed by atoms with E-state index in [0.717, 1.165) is 37.3 Å². The van der Waals surface area contributed by atoms with E-state index in [4.69, 9.17) is 4.74 Å². The molecule has 0 atom stereocenters. The van der Waals surface area contributed by atoms with Gasteiger partial charge in [0, 0.05) is 19.3 Å². The van der Waals surface area contributed by atoms with E-state index in [1.807, 2.05) is 12.1 Å². The molecule has 0 bridgehead atoms. The van der Waals surface area contributed by atoms with E-state index in [1.54, 1.807) is 12.4 Å². The summed E-state index contributed by atoms with van der Waals surface area (Å²) in [7, 11) is 0. The van der Waals surface area contributed by atoms with Crippen molar-refractivity contribution in [3.63, 3.8) is 0 Å². The molecule has 0 amide bonds. The lowest BCUT2D eigenvalue weighted by Gasteiger charge is -2.26. The van der Waals surface area contributed by atoms with Crippen molar-refractivity contribution in [1.82, 2.24) is 20.0 Å². The summed E-state index contributed by atoms with van der Waals surface area (Å²) in [5.41, 5.74) is 4.83. The Kier molecular flexibility index (Phi) is 2.81. The summed E-state index contributed by atoms with van der Waals surface area (Å²) in [6.07, 6.45) is 3.46. The molecule has 1 fully saturated rings. The maximum absolute atomic E-state index is 5.28. The van der Waals surface area contributed by atoms with Gasteiger partial charge in [0.2, 0.25) is 5.95 Å². The smallest absolute Gasteiger partial charge is 0.238 e. The molecule has 2 aromatic rings. The summed E-state index contributed by atoms with van der Waals surface area (Å²) >= 11 is 0. The number of pyridine rings is 1. The molecule has 1 saturated heterocycles. The van der Waals surface area contributed by atoms with Gasteiger partial charge in [0.05, 0.1) is 24.9 Å². The number of hydrazine groups is 1. The van der Waals surface area contributed by atoms with Gasteiger partial charge in [0.1, 0.15) is 5.52 Å². The second-order valence-electron chi connectivity index (χ2n) is 3.81. The van der Waals surface area contributed by atoms with Gasteiger partial charge in [-0.1, -0.05) is 0 Å². The number of hydrogen-bond acceptors (Lipinski definition) is 6. The van der Waals surface area contributed by atoms with Gasteiger partial charge >= 0.3 is 0 Å². The fourth-order valence-electron chi connectivity index (χ4n) is 1.74. The van der Waals surface area contributed by atoms with Gasteiger partial charge in [-0.25, -0.2) is 15.0 Å². The van der Waals surface area contributed by atoms with E-state index in [2.05, 4.69) is 25.4 Å². The summed E-state index contributed by atoms with van der Waals surface area (Å²) in [6.45, 7) is 3.16. The van der Waals surface area contributed by atoms with Crippen LogP contribution in [0, 0.1) is 0 Å². The fourth-order valence-corrected chi connectivity index (χ4v) is 1.74. The third kappa shape index (κ3) is 2.32. The first-order valence-electron chi connectivity index (χ1n) is 5.59. The van der Waals surface area contributed by atoms with Gasteiger partial charge < -0.3 is 4.74 Å². The van der Waals surface area contributed by atoms with Crippen LogP contribution in [0.15, 0.2) is 24.5 Å². The van der Waals surface area contributed by atoms with E-state index in [9.17, 15) is 0 Å². The lowest BCUT2D eigenvalue weighted by molar-refractivity contribution is 0.0493. The highest BCUT2D eigenvalue weighted by molar-refractivity contribution is 5.73. The second kappa shape index (κ2) is 4.60. The zero-order chi connectivity index (χ0) is 11.5. The van der Waals surface area contributed by atoms with E-state index in [0.29, 0.717) is 5.95 Å². The Morgan fingerprint density at radius 2 is 2.06 bits per heavy atom. The molecule has 17 heavy (non-hydrogen) atoms. The first-order valence-corrected chi connectivity index (χ1v) is 5.59. The van der Waals surface area contributed by atoms with Gasteiger partial charge in [-0.05, 0) is 12.1 Å². The number of rotatable bonds is 2. The van der Waals surface area contributed by atoms with E-state index >= 15 is 0 Å². The minimum Gasteiger partial charge on any atom is -0.379 e. The predicted molar refractivity (Wildman–Crippen MR) is 63.3 cm³/mol. The Morgan fingerprint density at radius 1 is 1.18 bits per heavy atom. The molecule has 0 aliphatic carbocycles. The molecule has 1 aliphatic rings. The van der Waals surface area contributed by atoms with Crippen molar-refractivity contribution in [2.45, 2.75) is 0 Å². The van der Waals surface area contributed by atoms with Gasteiger partial charge in [-0.3, -0.25) is 10.4 Å². The molecule has 1 N–H and O–H groups in total. The third-order valence-electron chi connectivity index (χ3n) is 2.62. The lowest BCUT2D eigenvalue weighted by Crippen LogP contribution is -2.40. The van der Waals surface area contributed by atoms with Crippen LogP contribution in [0.2, 0.25) is 0 Å². The average Bonchev–Trinajstić information content (AvgIpc) is 2.40. The van der Waals surface area contributed by atoms with Gasteiger partial charge in [-0.15, -0.1) is 0 Å². The third-order valence-corrected chi connectivity index (χ3v) is 2.62. The Labute approximate surface area is 98.6 Å². The van der Waals surface area contributed by atoms with Crippen LogP contribution in [0.5, 0.6) is 0 Å². The minimum absolute atomic E-state index is 0.604. The summed E-state index contributed by atoms with van der Waals surface area (Å²) in [5, 5.41) is 2.06. The largest absolute Gasteiger partial charge is 0.379 e. The molecule has 88 valence electrons. The van der Waals surface area contributed by atoms with Crippen LogP contribution in [0.4, 0.5) is 5.95 Å². The SMILES string of the molecule is c1cnc2cnc(NN3CCOCC3)nc2c1. The monoisotopic (exact) mass is 231 g/mol. The predicted octanol–water partition coefficient (Wildman–Crippen LogP) is 0.684. The maximum atomic E-state index is 5.28. The number of morpholine rings is 1. The fraction of sp³-hybridized carbons (Fsp3) is 0.364. The lowest BCUT2D eigenvalue weighted by atomic mass is 10.4.